The predicted molar refractivity (Wildman–Crippen MR) is 135 cm³/mol. The van der Waals surface area contributed by atoms with E-state index in [1.807, 2.05) is 18.0 Å². The Hall–Kier alpha value is -3.50. The van der Waals surface area contributed by atoms with E-state index in [2.05, 4.69) is 25.1 Å². The second-order valence-electron chi connectivity index (χ2n) is 9.65. The molecule has 2 aliphatic rings. The zero-order valence-corrected chi connectivity index (χ0v) is 20.6. The molecule has 0 aliphatic carbocycles. The molecule has 10 heteroatoms. The molecule has 1 aromatic heterocycles. The van der Waals surface area contributed by atoms with Crippen molar-refractivity contribution < 1.29 is 18.0 Å². The Kier molecular flexibility index (Phi) is 7.12. The summed E-state index contributed by atoms with van der Waals surface area (Å²) in [6, 6.07) is 11.0. The van der Waals surface area contributed by atoms with E-state index in [-0.39, 0.29) is 5.69 Å². The van der Waals surface area contributed by atoms with Crippen LogP contribution in [-0.2, 0) is 25.7 Å². The zero-order valence-electron chi connectivity index (χ0n) is 20.6. The third-order valence-electron chi connectivity index (χ3n) is 6.90. The number of carbonyl (C=O) groups excluding carboxylic acids is 1. The third kappa shape index (κ3) is 6.08. The number of likely N-dealkylation sites (N-methyl/N-ethyl adjacent to an activating group) is 1. The van der Waals surface area contributed by atoms with Crippen LogP contribution in [0.5, 0.6) is 0 Å². The summed E-state index contributed by atoms with van der Waals surface area (Å²) in [5.41, 5.74) is 2.41. The zero-order chi connectivity index (χ0) is 26.0. The molecule has 3 heterocycles. The highest BCUT2D eigenvalue weighted by Gasteiger charge is 2.32. The van der Waals surface area contributed by atoms with Crippen molar-refractivity contribution in [2.75, 3.05) is 50.0 Å². The van der Waals surface area contributed by atoms with Crippen LogP contribution in [-0.4, -0.2) is 65.4 Å². The van der Waals surface area contributed by atoms with Crippen LogP contribution in [0.25, 0.3) is 0 Å². The number of nitrogens with one attached hydrogen (secondary N) is 1. The van der Waals surface area contributed by atoms with Gasteiger partial charge in [-0.05, 0) is 66.6 Å². The number of aromatic nitrogens is 2. The molecule has 0 spiro atoms. The van der Waals surface area contributed by atoms with Gasteiger partial charge in [0.05, 0.1) is 5.56 Å². The number of hydrogen-bond acceptors (Lipinski definition) is 6. The first-order valence-electron chi connectivity index (χ1n) is 12.3. The van der Waals surface area contributed by atoms with Crippen LogP contribution in [0.3, 0.4) is 0 Å². The number of anilines is 2. The summed E-state index contributed by atoms with van der Waals surface area (Å²) in [4.78, 5) is 28.1. The Morgan fingerprint density at radius 2 is 1.73 bits per heavy atom. The number of amides is 1. The highest BCUT2D eigenvalue weighted by Crippen LogP contribution is 2.33. The van der Waals surface area contributed by atoms with Crippen LogP contribution >= 0.6 is 0 Å². The van der Waals surface area contributed by atoms with E-state index in [1.165, 1.54) is 6.07 Å². The van der Waals surface area contributed by atoms with Gasteiger partial charge in [-0.25, -0.2) is 9.97 Å². The van der Waals surface area contributed by atoms with E-state index in [1.54, 1.807) is 36.7 Å². The van der Waals surface area contributed by atoms with E-state index in [0.29, 0.717) is 30.2 Å². The molecular weight excluding hydrogens is 481 g/mol. The van der Waals surface area contributed by atoms with Gasteiger partial charge >= 0.3 is 6.18 Å². The van der Waals surface area contributed by atoms with E-state index in [0.717, 1.165) is 56.3 Å². The highest BCUT2D eigenvalue weighted by molar-refractivity contribution is 6.04. The smallest absolute Gasteiger partial charge is 0.336 e. The number of fused-ring (bicyclic) bond motifs is 1. The van der Waals surface area contributed by atoms with Crippen LogP contribution in [0.2, 0.25) is 0 Å². The van der Waals surface area contributed by atoms with Gasteiger partial charge in [-0.2, -0.15) is 13.2 Å². The maximum Gasteiger partial charge on any atom is 0.416 e. The van der Waals surface area contributed by atoms with E-state index in [4.69, 9.17) is 0 Å². The van der Waals surface area contributed by atoms with Crippen molar-refractivity contribution in [3.63, 3.8) is 0 Å². The number of nitrogens with zero attached hydrogens (tertiary/aromatic N) is 5. The monoisotopic (exact) mass is 510 g/mol. The van der Waals surface area contributed by atoms with Gasteiger partial charge in [0.1, 0.15) is 0 Å². The number of alkyl halides is 3. The molecule has 37 heavy (non-hydrogen) atoms. The first-order valence-corrected chi connectivity index (χ1v) is 12.3. The Morgan fingerprint density at radius 3 is 2.46 bits per heavy atom. The molecule has 0 saturated carbocycles. The van der Waals surface area contributed by atoms with Crippen molar-refractivity contribution in [2.24, 2.45) is 0 Å². The fraction of sp³-hybridized carbons (Fsp3) is 0.370. The summed E-state index contributed by atoms with van der Waals surface area (Å²) in [7, 11) is 2.03. The summed E-state index contributed by atoms with van der Waals surface area (Å²) in [6.45, 7) is 5.03. The summed E-state index contributed by atoms with van der Waals surface area (Å²) in [5.74, 6) is 0.181. The molecule has 3 aromatic rings. The molecular formula is C27H29F3N6O. The van der Waals surface area contributed by atoms with Gasteiger partial charge in [0.15, 0.2) is 0 Å². The molecule has 7 nitrogen and oxygen atoms in total. The van der Waals surface area contributed by atoms with Crippen molar-refractivity contribution in [2.45, 2.75) is 25.7 Å². The van der Waals surface area contributed by atoms with Crippen molar-refractivity contribution in [1.29, 1.82) is 0 Å². The highest BCUT2D eigenvalue weighted by atomic mass is 19.4. The second-order valence-corrected chi connectivity index (χ2v) is 9.65. The van der Waals surface area contributed by atoms with E-state index >= 15 is 0 Å². The lowest BCUT2D eigenvalue weighted by Gasteiger charge is -2.32. The van der Waals surface area contributed by atoms with Crippen molar-refractivity contribution >= 4 is 17.5 Å². The molecule has 0 radical (unpaired) electrons. The van der Waals surface area contributed by atoms with Gasteiger partial charge < -0.3 is 15.1 Å². The molecule has 0 bridgehead atoms. The quantitative estimate of drug-likeness (QED) is 0.559. The second kappa shape index (κ2) is 10.5. The Morgan fingerprint density at radius 1 is 0.973 bits per heavy atom. The van der Waals surface area contributed by atoms with Gasteiger partial charge in [-0.1, -0.05) is 6.07 Å². The first-order chi connectivity index (χ1) is 17.7. The summed E-state index contributed by atoms with van der Waals surface area (Å²) in [6.07, 6.45) is -0.339. The standard InChI is InChI=1S/C27H29F3N6O/c1-34-9-11-35(12-10-34)17-19-13-23(27(28,29)30)16-24(14-19)33-25(37)21-4-3-20-5-8-36(18-22(20)15-21)26-31-6-2-7-32-26/h2-4,6-7,13-16H,5,8-12,17-18H2,1H3,(H,33,37). The number of rotatable bonds is 5. The maximum absolute atomic E-state index is 13.7. The summed E-state index contributed by atoms with van der Waals surface area (Å²) >= 11 is 0. The van der Waals surface area contributed by atoms with Crippen LogP contribution in [0.15, 0.2) is 54.9 Å². The van der Waals surface area contributed by atoms with Gasteiger partial charge in [-0.15, -0.1) is 0 Å². The topological polar surface area (TPSA) is 64.6 Å². The van der Waals surface area contributed by atoms with Crippen molar-refractivity contribution in [1.82, 2.24) is 19.8 Å². The first kappa shape index (κ1) is 25.2. The average molecular weight is 511 g/mol. The van der Waals surface area contributed by atoms with Crippen molar-refractivity contribution in [3.05, 3.63) is 82.7 Å². The average Bonchev–Trinajstić information content (AvgIpc) is 2.89. The Labute approximate surface area is 213 Å². The summed E-state index contributed by atoms with van der Waals surface area (Å²) < 4.78 is 41.0. The molecule has 5 rings (SSSR count). The van der Waals surface area contributed by atoms with E-state index in [9.17, 15) is 18.0 Å². The number of piperazine rings is 1. The Balaban J connectivity index is 1.34. The minimum Gasteiger partial charge on any atom is -0.336 e. The SMILES string of the molecule is CN1CCN(Cc2cc(NC(=O)c3ccc4c(c3)CN(c3ncccn3)CC4)cc(C(F)(F)F)c2)CC1. The number of halogens is 3. The molecule has 1 saturated heterocycles. The molecule has 194 valence electrons. The predicted octanol–water partition coefficient (Wildman–Crippen LogP) is 4.06. The van der Waals surface area contributed by atoms with Gasteiger partial charge in [0.25, 0.3) is 5.91 Å². The molecule has 2 aromatic carbocycles. The van der Waals surface area contributed by atoms with E-state index < -0.39 is 17.6 Å². The minimum absolute atomic E-state index is 0.140. The molecule has 0 atom stereocenters. The third-order valence-corrected chi connectivity index (χ3v) is 6.90. The van der Waals surface area contributed by atoms with Crippen LogP contribution in [0, 0.1) is 0 Å². The molecule has 1 N–H and O–H groups in total. The molecule has 1 fully saturated rings. The van der Waals surface area contributed by atoms with Crippen LogP contribution < -0.4 is 10.2 Å². The van der Waals surface area contributed by atoms with Gasteiger partial charge in [0.2, 0.25) is 5.95 Å². The van der Waals surface area contributed by atoms with Gasteiger partial charge in [-0.3, -0.25) is 9.69 Å². The molecule has 0 unspecified atom stereocenters. The number of carbonyl (C=O) groups is 1. The van der Waals surface area contributed by atoms with Gasteiger partial charge in [0, 0.05) is 69.5 Å². The lowest BCUT2D eigenvalue weighted by molar-refractivity contribution is -0.137. The molecule has 1 amide bonds. The van der Waals surface area contributed by atoms with Crippen LogP contribution in [0.4, 0.5) is 24.8 Å². The minimum atomic E-state index is -4.51. The normalized spacial score (nSPS) is 16.9. The lowest BCUT2D eigenvalue weighted by Crippen LogP contribution is -2.43. The fourth-order valence-electron chi connectivity index (χ4n) is 4.81. The largest absolute Gasteiger partial charge is 0.416 e. The fourth-order valence-corrected chi connectivity index (χ4v) is 4.81. The number of hydrogen-bond donors (Lipinski definition) is 1. The lowest BCUT2D eigenvalue weighted by atomic mass is 9.97. The maximum atomic E-state index is 13.7. The molecule has 2 aliphatic heterocycles. The van der Waals surface area contributed by atoms with Crippen molar-refractivity contribution in [3.8, 4) is 0 Å². The Bertz CT molecular complexity index is 1260. The summed E-state index contributed by atoms with van der Waals surface area (Å²) in [5, 5.41) is 2.70. The number of benzene rings is 2. The van der Waals surface area contributed by atoms with Crippen LogP contribution in [0.1, 0.15) is 32.6 Å².